The Balaban J connectivity index is 2.16. The van der Waals surface area contributed by atoms with Crippen molar-refractivity contribution in [1.82, 2.24) is 4.90 Å². The van der Waals surface area contributed by atoms with E-state index in [2.05, 4.69) is 0 Å². The van der Waals surface area contributed by atoms with Gasteiger partial charge in [0.05, 0.1) is 25.0 Å². The van der Waals surface area contributed by atoms with Gasteiger partial charge in [0.15, 0.2) is 0 Å². The maximum absolute atomic E-state index is 12.2. The largest absolute Gasteiger partial charge is 0.495 e. The molecule has 1 saturated heterocycles. The number of nitrogens with zero attached hydrogens (tertiary/aromatic N) is 2. The van der Waals surface area contributed by atoms with Crippen molar-refractivity contribution < 1.29 is 29.3 Å². The first-order valence-electron chi connectivity index (χ1n) is 8.44. The van der Waals surface area contributed by atoms with Crippen molar-refractivity contribution in [2.45, 2.75) is 33.0 Å². The number of piperazine rings is 1. The van der Waals surface area contributed by atoms with Gasteiger partial charge in [0.2, 0.25) is 0 Å². The van der Waals surface area contributed by atoms with Gasteiger partial charge < -0.3 is 29.5 Å². The van der Waals surface area contributed by atoms with Gasteiger partial charge in [0, 0.05) is 26.2 Å². The van der Waals surface area contributed by atoms with Crippen LogP contribution < -0.4 is 9.64 Å². The maximum Gasteiger partial charge on any atom is 0.410 e. The van der Waals surface area contributed by atoms with Crippen molar-refractivity contribution in [2.24, 2.45) is 0 Å². The van der Waals surface area contributed by atoms with Crippen LogP contribution in [0.15, 0.2) is 12.1 Å². The standard InChI is InChI=1S/C18H26N2O6/c1-18(2,3)26-17(24)20-7-5-19(6-8-20)14-9-12(11-21)13(16(22)23)10-15(14)25-4/h9-10,21H,5-8,11H2,1-4H3,(H,22,23). The van der Waals surface area contributed by atoms with E-state index in [1.54, 1.807) is 11.0 Å². The van der Waals surface area contributed by atoms with Gasteiger partial charge in [-0.2, -0.15) is 0 Å². The maximum atomic E-state index is 12.2. The second kappa shape index (κ2) is 7.82. The summed E-state index contributed by atoms with van der Waals surface area (Å²) in [4.78, 5) is 27.1. The second-order valence-corrected chi connectivity index (χ2v) is 7.10. The van der Waals surface area contributed by atoms with Crippen LogP contribution in [0, 0.1) is 0 Å². The predicted molar refractivity (Wildman–Crippen MR) is 95.9 cm³/mol. The Labute approximate surface area is 152 Å². The van der Waals surface area contributed by atoms with E-state index in [-0.39, 0.29) is 18.3 Å². The lowest BCUT2D eigenvalue weighted by molar-refractivity contribution is 0.0240. The molecule has 0 unspecified atom stereocenters. The fourth-order valence-corrected chi connectivity index (χ4v) is 2.81. The van der Waals surface area contributed by atoms with Crippen molar-refractivity contribution in [3.05, 3.63) is 23.3 Å². The number of hydrogen-bond acceptors (Lipinski definition) is 6. The number of carboxylic acid groups (broad SMARTS) is 1. The molecule has 1 heterocycles. The molecule has 0 aromatic heterocycles. The van der Waals surface area contributed by atoms with Gasteiger partial charge in [-0.1, -0.05) is 0 Å². The number of aliphatic hydroxyl groups is 1. The lowest BCUT2D eigenvalue weighted by Gasteiger charge is -2.37. The molecule has 1 amide bonds. The Hall–Kier alpha value is -2.48. The number of ether oxygens (including phenoxy) is 2. The van der Waals surface area contributed by atoms with Gasteiger partial charge in [-0.15, -0.1) is 0 Å². The van der Waals surface area contributed by atoms with E-state index < -0.39 is 11.6 Å². The second-order valence-electron chi connectivity index (χ2n) is 7.10. The van der Waals surface area contributed by atoms with Gasteiger partial charge in [0.25, 0.3) is 0 Å². The number of anilines is 1. The molecule has 1 aromatic carbocycles. The molecule has 8 nitrogen and oxygen atoms in total. The number of carboxylic acids is 1. The fourth-order valence-electron chi connectivity index (χ4n) is 2.81. The molecule has 1 fully saturated rings. The van der Waals surface area contributed by atoms with Crippen LogP contribution in [0.25, 0.3) is 0 Å². The molecular weight excluding hydrogens is 340 g/mol. The third-order valence-corrected chi connectivity index (χ3v) is 4.08. The van der Waals surface area contributed by atoms with Gasteiger partial charge in [0.1, 0.15) is 11.4 Å². The molecule has 2 N–H and O–H groups in total. The highest BCUT2D eigenvalue weighted by Gasteiger charge is 2.27. The summed E-state index contributed by atoms with van der Waals surface area (Å²) in [6.45, 7) is 7.15. The van der Waals surface area contributed by atoms with Crippen LogP contribution in [0.2, 0.25) is 0 Å². The molecule has 8 heteroatoms. The minimum absolute atomic E-state index is 0.0143. The highest BCUT2D eigenvalue weighted by molar-refractivity contribution is 5.91. The predicted octanol–water partition coefficient (Wildman–Crippen LogP) is 1.94. The fraction of sp³-hybridized carbons (Fsp3) is 0.556. The summed E-state index contributed by atoms with van der Waals surface area (Å²) in [7, 11) is 1.47. The van der Waals surface area contributed by atoms with Crippen molar-refractivity contribution >= 4 is 17.7 Å². The average molecular weight is 366 g/mol. The number of amides is 1. The Morgan fingerprint density at radius 3 is 2.23 bits per heavy atom. The summed E-state index contributed by atoms with van der Waals surface area (Å²) in [5.41, 5.74) is 0.494. The van der Waals surface area contributed by atoms with E-state index in [4.69, 9.17) is 9.47 Å². The zero-order valence-electron chi connectivity index (χ0n) is 15.6. The number of methoxy groups -OCH3 is 1. The summed E-state index contributed by atoms with van der Waals surface area (Å²) < 4.78 is 10.7. The topological polar surface area (TPSA) is 99.5 Å². The number of aliphatic hydroxyl groups excluding tert-OH is 1. The third-order valence-electron chi connectivity index (χ3n) is 4.08. The summed E-state index contributed by atoms with van der Waals surface area (Å²) in [5.74, 6) is -0.695. The number of hydrogen-bond donors (Lipinski definition) is 2. The summed E-state index contributed by atoms with van der Waals surface area (Å²) >= 11 is 0. The van der Waals surface area contributed by atoms with Crippen LogP contribution in [-0.4, -0.2) is 66.1 Å². The zero-order valence-corrected chi connectivity index (χ0v) is 15.6. The SMILES string of the molecule is COc1cc(C(=O)O)c(CO)cc1N1CCN(C(=O)OC(C)(C)C)CC1. The van der Waals surface area contributed by atoms with Crippen LogP contribution >= 0.6 is 0 Å². The molecule has 0 atom stereocenters. The first-order valence-corrected chi connectivity index (χ1v) is 8.44. The van der Waals surface area contributed by atoms with Crippen molar-refractivity contribution in [3.63, 3.8) is 0 Å². The van der Waals surface area contributed by atoms with Gasteiger partial charge in [-0.05, 0) is 38.5 Å². The number of carbonyl (C=O) groups excluding carboxylic acids is 1. The van der Waals surface area contributed by atoms with Crippen LogP contribution in [-0.2, 0) is 11.3 Å². The van der Waals surface area contributed by atoms with E-state index in [1.165, 1.54) is 13.2 Å². The molecule has 1 aromatic rings. The third kappa shape index (κ3) is 4.57. The Bertz CT molecular complexity index is 675. The van der Waals surface area contributed by atoms with E-state index in [0.29, 0.717) is 43.2 Å². The molecule has 2 rings (SSSR count). The molecule has 1 aliphatic heterocycles. The highest BCUT2D eigenvalue weighted by Crippen LogP contribution is 2.33. The molecule has 0 spiro atoms. The van der Waals surface area contributed by atoms with Gasteiger partial charge in [-0.25, -0.2) is 9.59 Å². The van der Waals surface area contributed by atoms with E-state index in [9.17, 15) is 19.8 Å². The smallest absolute Gasteiger partial charge is 0.410 e. The minimum Gasteiger partial charge on any atom is -0.495 e. The lowest BCUT2D eigenvalue weighted by atomic mass is 10.1. The molecule has 0 saturated carbocycles. The van der Waals surface area contributed by atoms with Crippen molar-refractivity contribution in [3.8, 4) is 5.75 Å². The molecule has 0 radical (unpaired) electrons. The van der Waals surface area contributed by atoms with Crippen molar-refractivity contribution in [1.29, 1.82) is 0 Å². The Morgan fingerprint density at radius 1 is 1.15 bits per heavy atom. The van der Waals surface area contributed by atoms with Crippen LogP contribution in [0.5, 0.6) is 5.75 Å². The zero-order chi connectivity index (χ0) is 19.5. The van der Waals surface area contributed by atoms with E-state index in [1.807, 2.05) is 25.7 Å². The quantitative estimate of drug-likeness (QED) is 0.840. The average Bonchev–Trinajstić information content (AvgIpc) is 2.59. The van der Waals surface area contributed by atoms with E-state index >= 15 is 0 Å². The number of rotatable bonds is 4. The van der Waals surface area contributed by atoms with Crippen molar-refractivity contribution in [2.75, 3.05) is 38.2 Å². The first-order chi connectivity index (χ1) is 12.2. The molecule has 144 valence electrons. The number of aromatic carboxylic acids is 1. The molecule has 26 heavy (non-hydrogen) atoms. The molecule has 1 aliphatic rings. The van der Waals surface area contributed by atoms with Crippen LogP contribution in [0.3, 0.4) is 0 Å². The van der Waals surface area contributed by atoms with Crippen LogP contribution in [0.1, 0.15) is 36.7 Å². The van der Waals surface area contributed by atoms with Gasteiger partial charge in [-0.3, -0.25) is 0 Å². The minimum atomic E-state index is -1.12. The normalized spacial score (nSPS) is 15.0. The summed E-state index contributed by atoms with van der Waals surface area (Å²) in [6, 6.07) is 3.05. The summed E-state index contributed by atoms with van der Waals surface area (Å²) in [6.07, 6.45) is -0.346. The first kappa shape index (κ1) is 19.8. The molecular formula is C18H26N2O6. The summed E-state index contributed by atoms with van der Waals surface area (Å²) in [5, 5.41) is 18.8. The van der Waals surface area contributed by atoms with Gasteiger partial charge >= 0.3 is 12.1 Å². The Morgan fingerprint density at radius 2 is 1.77 bits per heavy atom. The number of carbonyl (C=O) groups is 2. The highest BCUT2D eigenvalue weighted by atomic mass is 16.6. The molecule has 0 bridgehead atoms. The lowest BCUT2D eigenvalue weighted by Crippen LogP contribution is -2.50. The Kier molecular flexibility index (Phi) is 5.97. The monoisotopic (exact) mass is 366 g/mol. The van der Waals surface area contributed by atoms with Crippen LogP contribution in [0.4, 0.5) is 10.5 Å². The molecule has 0 aliphatic carbocycles. The number of benzene rings is 1. The van der Waals surface area contributed by atoms with E-state index in [0.717, 1.165) is 0 Å².